The zero-order chi connectivity index (χ0) is 12.7. The second-order valence-corrected chi connectivity index (χ2v) is 4.35. The molecule has 0 radical (unpaired) electrons. The largest absolute Gasteiger partial charge is 0.272 e. The Morgan fingerprint density at radius 1 is 1.18 bits per heavy atom. The zero-order valence-electron chi connectivity index (χ0n) is 9.95. The van der Waals surface area contributed by atoms with Gasteiger partial charge in [0.25, 0.3) is 5.91 Å². The molecule has 0 aliphatic rings. The molecule has 2 N–H and O–H groups in total. The van der Waals surface area contributed by atoms with Gasteiger partial charge in [0.05, 0.1) is 5.75 Å². The third kappa shape index (κ3) is 4.48. The number of carbonyl (C=O) groups is 2. The van der Waals surface area contributed by atoms with Crippen LogP contribution in [0.3, 0.4) is 0 Å². The SMILES string of the molecule is CCc1ccc(C(=O)NNC(=O)CSC)cc1. The Kier molecular flexibility index (Phi) is 5.56. The fourth-order valence-corrected chi connectivity index (χ4v) is 1.59. The zero-order valence-corrected chi connectivity index (χ0v) is 10.8. The van der Waals surface area contributed by atoms with Crippen molar-refractivity contribution in [3.8, 4) is 0 Å². The maximum absolute atomic E-state index is 11.6. The summed E-state index contributed by atoms with van der Waals surface area (Å²) < 4.78 is 0. The molecule has 17 heavy (non-hydrogen) atoms. The van der Waals surface area contributed by atoms with Crippen LogP contribution in [0.5, 0.6) is 0 Å². The van der Waals surface area contributed by atoms with Crippen LogP contribution in [0.2, 0.25) is 0 Å². The number of carbonyl (C=O) groups excluding carboxylic acids is 2. The summed E-state index contributed by atoms with van der Waals surface area (Å²) in [6, 6.07) is 7.29. The highest BCUT2D eigenvalue weighted by Gasteiger charge is 2.06. The predicted molar refractivity (Wildman–Crippen MR) is 69.8 cm³/mol. The molecule has 1 rings (SSSR count). The van der Waals surface area contributed by atoms with Crippen LogP contribution in [-0.2, 0) is 11.2 Å². The molecule has 2 amide bonds. The van der Waals surface area contributed by atoms with Gasteiger partial charge in [-0.25, -0.2) is 0 Å². The van der Waals surface area contributed by atoms with Crippen molar-refractivity contribution in [1.29, 1.82) is 0 Å². The normalized spacial score (nSPS) is 9.76. The minimum atomic E-state index is -0.304. The van der Waals surface area contributed by atoms with Gasteiger partial charge in [-0.05, 0) is 30.4 Å². The lowest BCUT2D eigenvalue weighted by molar-refractivity contribution is -0.119. The molecular formula is C12H16N2O2S. The third-order valence-electron chi connectivity index (χ3n) is 2.22. The van der Waals surface area contributed by atoms with E-state index in [1.165, 1.54) is 17.3 Å². The highest BCUT2D eigenvalue weighted by atomic mass is 32.2. The first kappa shape index (κ1) is 13.6. The van der Waals surface area contributed by atoms with Crippen LogP contribution < -0.4 is 10.9 Å². The van der Waals surface area contributed by atoms with Crippen molar-refractivity contribution in [2.45, 2.75) is 13.3 Å². The van der Waals surface area contributed by atoms with Crippen LogP contribution >= 0.6 is 11.8 Å². The van der Waals surface area contributed by atoms with E-state index >= 15 is 0 Å². The summed E-state index contributed by atoms with van der Waals surface area (Å²) >= 11 is 1.40. The minimum Gasteiger partial charge on any atom is -0.272 e. The molecule has 92 valence electrons. The Hall–Kier alpha value is -1.49. The van der Waals surface area contributed by atoms with Gasteiger partial charge in [0.15, 0.2) is 0 Å². The first-order chi connectivity index (χ1) is 8.17. The number of hydrazine groups is 1. The van der Waals surface area contributed by atoms with Crippen molar-refractivity contribution in [1.82, 2.24) is 10.9 Å². The molecule has 0 saturated carbocycles. The van der Waals surface area contributed by atoms with E-state index in [0.717, 1.165) is 6.42 Å². The predicted octanol–water partition coefficient (Wildman–Crippen LogP) is 1.37. The number of benzene rings is 1. The van der Waals surface area contributed by atoms with Crippen LogP contribution in [0, 0.1) is 0 Å². The van der Waals surface area contributed by atoms with Gasteiger partial charge in [-0.2, -0.15) is 11.8 Å². The monoisotopic (exact) mass is 252 g/mol. The lowest BCUT2D eigenvalue weighted by Crippen LogP contribution is -2.42. The topological polar surface area (TPSA) is 58.2 Å². The number of hydrogen-bond donors (Lipinski definition) is 2. The van der Waals surface area contributed by atoms with Crippen molar-refractivity contribution in [2.75, 3.05) is 12.0 Å². The summed E-state index contributed by atoms with van der Waals surface area (Å²) in [6.45, 7) is 2.05. The molecule has 5 heteroatoms. The molecule has 0 aliphatic heterocycles. The van der Waals surface area contributed by atoms with Crippen molar-refractivity contribution in [2.24, 2.45) is 0 Å². The summed E-state index contributed by atoms with van der Waals surface area (Å²) in [4.78, 5) is 22.8. The van der Waals surface area contributed by atoms with E-state index in [0.29, 0.717) is 11.3 Å². The molecule has 0 bridgehead atoms. The Morgan fingerprint density at radius 3 is 2.35 bits per heavy atom. The standard InChI is InChI=1S/C12H16N2O2S/c1-3-9-4-6-10(7-5-9)12(16)14-13-11(15)8-17-2/h4-7H,3,8H2,1-2H3,(H,13,15)(H,14,16). The molecule has 0 spiro atoms. The van der Waals surface area contributed by atoms with E-state index in [9.17, 15) is 9.59 Å². The molecular weight excluding hydrogens is 236 g/mol. The van der Waals surface area contributed by atoms with E-state index in [1.54, 1.807) is 12.1 Å². The van der Waals surface area contributed by atoms with Crippen molar-refractivity contribution < 1.29 is 9.59 Å². The van der Waals surface area contributed by atoms with E-state index in [2.05, 4.69) is 17.8 Å². The maximum Gasteiger partial charge on any atom is 0.269 e. The van der Waals surface area contributed by atoms with E-state index < -0.39 is 0 Å². The minimum absolute atomic E-state index is 0.212. The summed E-state index contributed by atoms with van der Waals surface area (Å²) in [7, 11) is 0. The molecule has 0 aliphatic carbocycles. The second-order valence-electron chi connectivity index (χ2n) is 3.49. The van der Waals surface area contributed by atoms with Crippen LogP contribution in [0.1, 0.15) is 22.8 Å². The summed E-state index contributed by atoms with van der Waals surface area (Å²) in [6.07, 6.45) is 2.76. The Labute approximate surface area is 105 Å². The van der Waals surface area contributed by atoms with Crippen LogP contribution in [-0.4, -0.2) is 23.8 Å². The highest BCUT2D eigenvalue weighted by molar-refractivity contribution is 7.99. The van der Waals surface area contributed by atoms with Gasteiger partial charge < -0.3 is 0 Å². The fraction of sp³-hybridized carbons (Fsp3) is 0.333. The van der Waals surface area contributed by atoms with Crippen LogP contribution in [0.4, 0.5) is 0 Å². The van der Waals surface area contributed by atoms with Gasteiger partial charge in [-0.1, -0.05) is 19.1 Å². The van der Waals surface area contributed by atoms with Gasteiger partial charge in [-0.15, -0.1) is 0 Å². The summed E-state index contributed by atoms with van der Waals surface area (Å²) in [5.41, 5.74) is 6.43. The number of hydrogen-bond acceptors (Lipinski definition) is 3. The third-order valence-corrected chi connectivity index (χ3v) is 2.77. The molecule has 4 nitrogen and oxygen atoms in total. The van der Waals surface area contributed by atoms with Crippen molar-refractivity contribution in [3.63, 3.8) is 0 Å². The van der Waals surface area contributed by atoms with Gasteiger partial charge >= 0.3 is 0 Å². The maximum atomic E-state index is 11.6. The Balaban J connectivity index is 2.49. The smallest absolute Gasteiger partial charge is 0.269 e. The molecule has 0 fully saturated rings. The average Bonchev–Trinajstić information content (AvgIpc) is 2.36. The lowest BCUT2D eigenvalue weighted by atomic mass is 10.1. The molecule has 0 atom stereocenters. The molecule has 0 aromatic heterocycles. The average molecular weight is 252 g/mol. The Bertz CT molecular complexity index is 390. The van der Waals surface area contributed by atoms with Crippen LogP contribution in [0.25, 0.3) is 0 Å². The number of aryl methyl sites for hydroxylation is 1. The van der Waals surface area contributed by atoms with E-state index in [1.807, 2.05) is 18.4 Å². The Morgan fingerprint density at radius 2 is 1.82 bits per heavy atom. The highest BCUT2D eigenvalue weighted by Crippen LogP contribution is 2.04. The van der Waals surface area contributed by atoms with E-state index in [-0.39, 0.29) is 11.8 Å². The van der Waals surface area contributed by atoms with E-state index in [4.69, 9.17) is 0 Å². The summed E-state index contributed by atoms with van der Waals surface area (Å²) in [5.74, 6) is -0.187. The van der Waals surface area contributed by atoms with Gasteiger partial charge in [0.1, 0.15) is 0 Å². The molecule has 0 heterocycles. The van der Waals surface area contributed by atoms with Gasteiger partial charge in [-0.3, -0.25) is 20.4 Å². The van der Waals surface area contributed by atoms with Gasteiger partial charge in [0.2, 0.25) is 5.91 Å². The number of thioether (sulfide) groups is 1. The molecule has 0 saturated heterocycles. The summed E-state index contributed by atoms with van der Waals surface area (Å²) in [5, 5.41) is 0. The first-order valence-electron chi connectivity index (χ1n) is 5.34. The number of nitrogens with one attached hydrogen (secondary N) is 2. The quantitative estimate of drug-likeness (QED) is 0.796. The molecule has 0 unspecified atom stereocenters. The number of amides is 2. The number of rotatable bonds is 4. The first-order valence-corrected chi connectivity index (χ1v) is 6.73. The van der Waals surface area contributed by atoms with Gasteiger partial charge in [0, 0.05) is 5.56 Å². The van der Waals surface area contributed by atoms with Crippen molar-refractivity contribution >= 4 is 23.6 Å². The fourth-order valence-electron chi connectivity index (χ4n) is 1.26. The van der Waals surface area contributed by atoms with Crippen LogP contribution in [0.15, 0.2) is 24.3 Å². The lowest BCUT2D eigenvalue weighted by Gasteiger charge is -2.06. The molecule has 1 aromatic carbocycles. The molecule has 1 aromatic rings. The van der Waals surface area contributed by atoms with Crippen molar-refractivity contribution in [3.05, 3.63) is 35.4 Å². The second kappa shape index (κ2) is 6.96.